The third-order valence-corrected chi connectivity index (χ3v) is 3.09. The summed E-state index contributed by atoms with van der Waals surface area (Å²) in [5.74, 6) is -2.65. The molecule has 1 heterocycles. The van der Waals surface area contributed by atoms with Gasteiger partial charge in [-0.05, 0) is 12.1 Å². The Hall–Kier alpha value is -1.58. The molecule has 3 N–H and O–H groups in total. The van der Waals surface area contributed by atoms with Crippen LogP contribution in [-0.4, -0.2) is 42.2 Å². The second-order valence-electron chi connectivity index (χ2n) is 3.00. The van der Waals surface area contributed by atoms with Gasteiger partial charge in [0.05, 0.1) is 0 Å². The minimum absolute atomic E-state index is 0.770. The van der Waals surface area contributed by atoms with E-state index in [0.29, 0.717) is 0 Å². The SMILES string of the molecule is O=C(O)C(O)CNS(=O)(=O)c1ncccc1F. The minimum Gasteiger partial charge on any atom is -0.479 e. The molecular weight excluding hydrogens is 255 g/mol. The van der Waals surface area contributed by atoms with Gasteiger partial charge in [-0.15, -0.1) is 0 Å². The number of halogens is 1. The Balaban J connectivity index is 2.84. The van der Waals surface area contributed by atoms with E-state index >= 15 is 0 Å². The summed E-state index contributed by atoms with van der Waals surface area (Å²) < 4.78 is 37.8. The summed E-state index contributed by atoms with van der Waals surface area (Å²) in [6, 6.07) is 2.11. The highest BCUT2D eigenvalue weighted by Gasteiger charge is 2.23. The molecule has 1 rings (SSSR count). The van der Waals surface area contributed by atoms with Crippen LogP contribution in [0.25, 0.3) is 0 Å². The second kappa shape index (κ2) is 5.17. The third-order valence-electron chi connectivity index (χ3n) is 1.73. The van der Waals surface area contributed by atoms with Crippen LogP contribution >= 0.6 is 0 Å². The number of carboxylic acids is 1. The quantitative estimate of drug-likeness (QED) is 0.624. The molecule has 7 nitrogen and oxygen atoms in total. The average Bonchev–Trinajstić information content (AvgIpc) is 2.26. The minimum atomic E-state index is -4.28. The number of rotatable bonds is 5. The van der Waals surface area contributed by atoms with Crippen LogP contribution in [0, 0.1) is 5.82 Å². The van der Waals surface area contributed by atoms with Crippen LogP contribution in [0.1, 0.15) is 0 Å². The van der Waals surface area contributed by atoms with Crippen LogP contribution in [0.4, 0.5) is 4.39 Å². The molecule has 1 unspecified atom stereocenters. The predicted molar refractivity (Wildman–Crippen MR) is 53.0 cm³/mol. The van der Waals surface area contributed by atoms with E-state index in [1.54, 1.807) is 4.72 Å². The summed E-state index contributed by atoms with van der Waals surface area (Å²) in [6.07, 6.45) is -0.831. The molecule has 1 atom stereocenters. The largest absolute Gasteiger partial charge is 0.479 e. The number of aliphatic hydroxyl groups is 1. The third kappa shape index (κ3) is 3.44. The van der Waals surface area contributed by atoms with Crippen molar-refractivity contribution in [1.29, 1.82) is 0 Å². The van der Waals surface area contributed by atoms with Crippen molar-refractivity contribution >= 4 is 16.0 Å². The fourth-order valence-corrected chi connectivity index (χ4v) is 1.95. The van der Waals surface area contributed by atoms with E-state index < -0.39 is 39.5 Å². The smallest absolute Gasteiger partial charge is 0.333 e. The molecule has 0 aliphatic heterocycles. The van der Waals surface area contributed by atoms with Crippen molar-refractivity contribution < 1.29 is 27.8 Å². The molecule has 94 valence electrons. The lowest BCUT2D eigenvalue weighted by Gasteiger charge is -2.08. The van der Waals surface area contributed by atoms with Gasteiger partial charge in [0.1, 0.15) is 0 Å². The van der Waals surface area contributed by atoms with E-state index in [-0.39, 0.29) is 0 Å². The van der Waals surface area contributed by atoms with Crippen molar-refractivity contribution in [2.75, 3.05) is 6.54 Å². The van der Waals surface area contributed by atoms with Gasteiger partial charge < -0.3 is 10.2 Å². The highest BCUT2D eigenvalue weighted by Crippen LogP contribution is 2.09. The van der Waals surface area contributed by atoms with Crippen molar-refractivity contribution in [2.45, 2.75) is 11.1 Å². The van der Waals surface area contributed by atoms with Crippen molar-refractivity contribution in [3.05, 3.63) is 24.1 Å². The molecular formula is C8H9FN2O5S. The van der Waals surface area contributed by atoms with E-state index in [0.717, 1.165) is 12.3 Å². The summed E-state index contributed by atoms with van der Waals surface area (Å²) >= 11 is 0. The number of hydrogen-bond acceptors (Lipinski definition) is 5. The second-order valence-corrected chi connectivity index (χ2v) is 4.68. The monoisotopic (exact) mass is 264 g/mol. The Labute approximate surface area is 96.0 Å². The van der Waals surface area contributed by atoms with Gasteiger partial charge in [-0.2, -0.15) is 0 Å². The molecule has 17 heavy (non-hydrogen) atoms. The number of nitrogens with zero attached hydrogens (tertiary/aromatic N) is 1. The summed E-state index contributed by atoms with van der Waals surface area (Å²) in [7, 11) is -4.28. The van der Waals surface area contributed by atoms with Crippen LogP contribution in [0.15, 0.2) is 23.4 Å². The van der Waals surface area contributed by atoms with Gasteiger partial charge in [-0.3, -0.25) is 0 Å². The van der Waals surface area contributed by atoms with Gasteiger partial charge in [0.2, 0.25) is 5.03 Å². The van der Waals surface area contributed by atoms with Crippen molar-refractivity contribution in [3.63, 3.8) is 0 Å². The summed E-state index contributed by atoms with van der Waals surface area (Å²) in [4.78, 5) is 13.6. The van der Waals surface area contributed by atoms with Gasteiger partial charge in [-0.1, -0.05) is 0 Å². The van der Waals surface area contributed by atoms with E-state index in [2.05, 4.69) is 4.98 Å². The maximum Gasteiger partial charge on any atom is 0.333 e. The molecule has 0 amide bonds. The van der Waals surface area contributed by atoms with Crippen LogP contribution in [0.5, 0.6) is 0 Å². The topological polar surface area (TPSA) is 117 Å². The Morgan fingerprint density at radius 2 is 2.24 bits per heavy atom. The molecule has 0 aliphatic carbocycles. The standard InChI is InChI=1S/C8H9FN2O5S/c9-5-2-1-3-10-7(5)17(15,16)11-4-6(12)8(13)14/h1-3,6,11-12H,4H2,(H,13,14). The Morgan fingerprint density at radius 1 is 1.59 bits per heavy atom. The van der Waals surface area contributed by atoms with Crippen LogP contribution in [-0.2, 0) is 14.8 Å². The van der Waals surface area contributed by atoms with Gasteiger partial charge >= 0.3 is 5.97 Å². The number of aromatic nitrogens is 1. The first-order chi connectivity index (χ1) is 7.84. The summed E-state index contributed by atoms with van der Waals surface area (Å²) in [5, 5.41) is 16.3. The number of carboxylic acid groups (broad SMARTS) is 1. The summed E-state index contributed by atoms with van der Waals surface area (Å²) in [5.41, 5.74) is 0. The fraction of sp³-hybridized carbons (Fsp3) is 0.250. The number of pyridine rings is 1. The van der Waals surface area contributed by atoms with E-state index in [1.165, 1.54) is 6.07 Å². The molecule has 0 spiro atoms. The maximum absolute atomic E-state index is 13.1. The molecule has 0 aliphatic rings. The zero-order valence-electron chi connectivity index (χ0n) is 8.37. The Bertz CT molecular complexity index is 518. The van der Waals surface area contributed by atoms with E-state index in [1.807, 2.05) is 0 Å². The lowest BCUT2D eigenvalue weighted by molar-refractivity contribution is -0.146. The molecule has 1 aromatic rings. The van der Waals surface area contributed by atoms with Crippen LogP contribution in [0.3, 0.4) is 0 Å². The van der Waals surface area contributed by atoms with Crippen molar-refractivity contribution in [1.82, 2.24) is 9.71 Å². The molecule has 9 heteroatoms. The number of aliphatic carboxylic acids is 1. The van der Waals surface area contributed by atoms with Crippen molar-refractivity contribution in [2.24, 2.45) is 0 Å². The van der Waals surface area contributed by atoms with Gasteiger partial charge in [0, 0.05) is 12.7 Å². The fourth-order valence-electron chi connectivity index (χ4n) is 0.913. The van der Waals surface area contributed by atoms with Crippen LogP contribution < -0.4 is 4.72 Å². The molecule has 0 saturated carbocycles. The Kier molecular flexibility index (Phi) is 4.10. The molecule has 0 saturated heterocycles. The normalized spacial score (nSPS) is 13.3. The lowest BCUT2D eigenvalue weighted by Crippen LogP contribution is -2.37. The van der Waals surface area contributed by atoms with Gasteiger partial charge in [0.25, 0.3) is 10.0 Å². The number of nitrogens with one attached hydrogen (secondary N) is 1. The van der Waals surface area contributed by atoms with Gasteiger partial charge in [-0.25, -0.2) is 27.3 Å². The Morgan fingerprint density at radius 3 is 2.76 bits per heavy atom. The molecule has 0 radical (unpaired) electrons. The molecule has 0 fully saturated rings. The van der Waals surface area contributed by atoms with Crippen molar-refractivity contribution in [3.8, 4) is 0 Å². The number of aliphatic hydroxyl groups excluding tert-OH is 1. The molecule has 0 aromatic carbocycles. The molecule has 1 aromatic heterocycles. The number of hydrogen-bond donors (Lipinski definition) is 3. The lowest BCUT2D eigenvalue weighted by atomic mass is 10.4. The number of sulfonamides is 1. The first-order valence-corrected chi connectivity index (χ1v) is 5.84. The zero-order valence-corrected chi connectivity index (χ0v) is 9.19. The predicted octanol–water partition coefficient (Wildman–Crippen LogP) is -1.06. The first-order valence-electron chi connectivity index (χ1n) is 4.35. The first kappa shape index (κ1) is 13.5. The summed E-state index contributed by atoms with van der Waals surface area (Å²) in [6.45, 7) is -0.770. The maximum atomic E-state index is 13.1. The van der Waals surface area contributed by atoms with E-state index in [9.17, 15) is 17.6 Å². The van der Waals surface area contributed by atoms with Gasteiger partial charge in [0.15, 0.2) is 11.9 Å². The number of carbonyl (C=O) groups is 1. The highest BCUT2D eigenvalue weighted by molar-refractivity contribution is 7.89. The zero-order chi connectivity index (χ0) is 13.1. The highest BCUT2D eigenvalue weighted by atomic mass is 32.2. The van der Waals surface area contributed by atoms with Crippen LogP contribution in [0.2, 0.25) is 0 Å². The average molecular weight is 264 g/mol. The van der Waals surface area contributed by atoms with E-state index in [4.69, 9.17) is 10.2 Å². The molecule has 0 bridgehead atoms.